The van der Waals surface area contributed by atoms with Gasteiger partial charge in [-0.15, -0.1) is 11.3 Å². The van der Waals surface area contributed by atoms with Crippen molar-refractivity contribution < 1.29 is 9.90 Å². The molecule has 0 spiro atoms. The molecule has 2 aromatic rings. The van der Waals surface area contributed by atoms with Crippen molar-refractivity contribution in [3.8, 4) is 0 Å². The summed E-state index contributed by atoms with van der Waals surface area (Å²) < 4.78 is 0.882. The van der Waals surface area contributed by atoms with Crippen molar-refractivity contribution in [1.82, 2.24) is 4.98 Å². The van der Waals surface area contributed by atoms with Gasteiger partial charge in [0.25, 0.3) is 0 Å². The summed E-state index contributed by atoms with van der Waals surface area (Å²) in [5, 5.41) is 12.6. The summed E-state index contributed by atoms with van der Waals surface area (Å²) in [6, 6.07) is 5.83. The first-order valence-corrected chi connectivity index (χ1v) is 6.45. The molecule has 0 aliphatic carbocycles. The number of anilines is 2. The molecular weight excluding hydrogens is 304 g/mol. The van der Waals surface area contributed by atoms with E-state index in [1.54, 1.807) is 0 Å². The third-order valence-electron chi connectivity index (χ3n) is 2.14. The van der Waals surface area contributed by atoms with Gasteiger partial charge >= 0.3 is 5.97 Å². The van der Waals surface area contributed by atoms with Crippen molar-refractivity contribution in [2.45, 2.75) is 6.92 Å². The summed E-state index contributed by atoms with van der Waals surface area (Å²) in [6.45, 7) is 1.97. The summed E-state index contributed by atoms with van der Waals surface area (Å²) >= 11 is 4.68. The molecule has 0 aliphatic rings. The van der Waals surface area contributed by atoms with Crippen molar-refractivity contribution in [1.29, 1.82) is 0 Å². The molecule has 17 heavy (non-hydrogen) atoms. The fraction of sp³-hybridized carbons (Fsp3) is 0.0909. The van der Waals surface area contributed by atoms with Crippen molar-refractivity contribution in [2.75, 3.05) is 5.32 Å². The minimum atomic E-state index is -1.03. The van der Waals surface area contributed by atoms with Crippen LogP contribution in [0.1, 0.15) is 16.1 Å². The maximum absolute atomic E-state index is 10.9. The highest BCUT2D eigenvalue weighted by Crippen LogP contribution is 2.30. The van der Waals surface area contributed by atoms with E-state index >= 15 is 0 Å². The Balaban J connectivity index is 2.34. The number of rotatable bonds is 3. The fourth-order valence-electron chi connectivity index (χ4n) is 1.34. The standard InChI is InChI=1S/C11H9BrN2O2S/c1-6-2-3-7(12)8(4-6)14-10-9(11(15)16)13-5-17-10/h2-5,14H,1H3,(H,15,16). The summed E-state index contributed by atoms with van der Waals surface area (Å²) in [5.41, 5.74) is 3.48. The number of hydrogen-bond acceptors (Lipinski definition) is 4. The predicted octanol–water partition coefficient (Wildman–Crippen LogP) is 3.66. The van der Waals surface area contributed by atoms with E-state index in [2.05, 4.69) is 26.2 Å². The second-order valence-electron chi connectivity index (χ2n) is 3.44. The van der Waals surface area contributed by atoms with Crippen LogP contribution in [-0.4, -0.2) is 16.1 Å². The summed E-state index contributed by atoms with van der Waals surface area (Å²) in [4.78, 5) is 14.7. The van der Waals surface area contributed by atoms with Crippen molar-refractivity contribution in [3.05, 3.63) is 39.4 Å². The zero-order chi connectivity index (χ0) is 12.4. The zero-order valence-corrected chi connectivity index (χ0v) is 11.3. The van der Waals surface area contributed by atoms with Crippen LogP contribution >= 0.6 is 27.3 Å². The molecule has 1 aromatic carbocycles. The van der Waals surface area contributed by atoms with E-state index < -0.39 is 5.97 Å². The Morgan fingerprint density at radius 1 is 1.53 bits per heavy atom. The summed E-state index contributed by atoms with van der Waals surface area (Å²) in [7, 11) is 0. The Morgan fingerprint density at radius 3 is 3.00 bits per heavy atom. The quantitative estimate of drug-likeness (QED) is 0.908. The molecule has 2 rings (SSSR count). The SMILES string of the molecule is Cc1ccc(Br)c(Nc2scnc2C(=O)O)c1. The van der Waals surface area contributed by atoms with Gasteiger partial charge < -0.3 is 10.4 Å². The highest BCUT2D eigenvalue weighted by Gasteiger charge is 2.14. The lowest BCUT2D eigenvalue weighted by Gasteiger charge is -2.07. The number of carbonyl (C=O) groups is 1. The topological polar surface area (TPSA) is 62.2 Å². The molecule has 0 atom stereocenters. The van der Waals surface area contributed by atoms with E-state index in [9.17, 15) is 4.79 Å². The van der Waals surface area contributed by atoms with E-state index in [-0.39, 0.29) is 5.69 Å². The molecule has 1 aromatic heterocycles. The average Bonchev–Trinajstić information content (AvgIpc) is 2.71. The van der Waals surface area contributed by atoms with E-state index in [1.165, 1.54) is 16.8 Å². The number of benzene rings is 1. The molecule has 0 bridgehead atoms. The lowest BCUT2D eigenvalue weighted by Crippen LogP contribution is -2.01. The van der Waals surface area contributed by atoms with E-state index in [1.807, 2.05) is 25.1 Å². The molecule has 0 unspecified atom stereocenters. The highest BCUT2D eigenvalue weighted by molar-refractivity contribution is 9.10. The van der Waals surface area contributed by atoms with Gasteiger partial charge in [0.15, 0.2) is 5.69 Å². The van der Waals surface area contributed by atoms with Crippen LogP contribution in [0.5, 0.6) is 0 Å². The van der Waals surface area contributed by atoms with Crippen LogP contribution in [0.4, 0.5) is 10.7 Å². The van der Waals surface area contributed by atoms with Crippen molar-refractivity contribution in [3.63, 3.8) is 0 Å². The Hall–Kier alpha value is -1.40. The molecule has 1 heterocycles. The van der Waals surface area contributed by atoms with Gasteiger partial charge in [0.1, 0.15) is 5.00 Å². The van der Waals surface area contributed by atoms with Gasteiger partial charge in [0.05, 0.1) is 11.2 Å². The maximum atomic E-state index is 10.9. The molecule has 6 heteroatoms. The third kappa shape index (κ3) is 2.65. The van der Waals surface area contributed by atoms with Gasteiger partial charge in [-0.25, -0.2) is 9.78 Å². The molecule has 0 saturated heterocycles. The maximum Gasteiger partial charge on any atom is 0.357 e. The molecule has 0 aliphatic heterocycles. The van der Waals surface area contributed by atoms with Crippen LogP contribution < -0.4 is 5.32 Å². The Bertz CT molecular complexity index is 568. The lowest BCUT2D eigenvalue weighted by atomic mass is 10.2. The number of nitrogens with zero attached hydrogens (tertiary/aromatic N) is 1. The second kappa shape index (κ2) is 4.85. The molecule has 0 amide bonds. The molecule has 88 valence electrons. The van der Waals surface area contributed by atoms with Crippen LogP contribution in [0.2, 0.25) is 0 Å². The number of thiazole rings is 1. The molecule has 4 nitrogen and oxygen atoms in total. The Kier molecular flexibility index (Phi) is 3.44. The largest absolute Gasteiger partial charge is 0.476 e. The zero-order valence-electron chi connectivity index (χ0n) is 8.90. The van der Waals surface area contributed by atoms with Crippen molar-refractivity contribution >= 4 is 43.9 Å². The molecular formula is C11H9BrN2O2S. The first-order valence-electron chi connectivity index (χ1n) is 4.78. The second-order valence-corrected chi connectivity index (χ2v) is 5.15. The fourth-order valence-corrected chi connectivity index (χ4v) is 2.37. The summed E-state index contributed by atoms with van der Waals surface area (Å²) in [5.74, 6) is -1.03. The number of carboxylic acids is 1. The Labute approximate surface area is 110 Å². The van der Waals surface area contributed by atoms with E-state index in [0.717, 1.165) is 15.7 Å². The smallest absolute Gasteiger partial charge is 0.357 e. The highest BCUT2D eigenvalue weighted by atomic mass is 79.9. The van der Waals surface area contributed by atoms with Crippen LogP contribution in [0, 0.1) is 6.92 Å². The number of carboxylic acid groups (broad SMARTS) is 1. The number of hydrogen-bond donors (Lipinski definition) is 2. The van der Waals surface area contributed by atoms with Crippen LogP contribution in [0.3, 0.4) is 0 Å². The van der Waals surface area contributed by atoms with Gasteiger partial charge in [0.2, 0.25) is 0 Å². The van der Waals surface area contributed by atoms with Gasteiger partial charge in [-0.3, -0.25) is 0 Å². The molecule has 0 fully saturated rings. The minimum absolute atomic E-state index is 0.0448. The summed E-state index contributed by atoms with van der Waals surface area (Å²) in [6.07, 6.45) is 0. The van der Waals surface area contributed by atoms with Crippen LogP contribution in [0.25, 0.3) is 0 Å². The lowest BCUT2D eigenvalue weighted by molar-refractivity contribution is 0.0692. The third-order valence-corrected chi connectivity index (χ3v) is 3.57. The van der Waals surface area contributed by atoms with Gasteiger partial charge in [-0.1, -0.05) is 6.07 Å². The van der Waals surface area contributed by atoms with E-state index in [0.29, 0.717) is 5.00 Å². The molecule has 0 radical (unpaired) electrons. The predicted molar refractivity (Wildman–Crippen MR) is 71.2 cm³/mol. The normalized spacial score (nSPS) is 10.2. The number of aromatic nitrogens is 1. The number of aromatic carboxylic acids is 1. The molecule has 2 N–H and O–H groups in total. The van der Waals surface area contributed by atoms with Crippen molar-refractivity contribution in [2.24, 2.45) is 0 Å². The van der Waals surface area contributed by atoms with Gasteiger partial charge in [0, 0.05) is 4.47 Å². The van der Waals surface area contributed by atoms with Crippen LogP contribution in [-0.2, 0) is 0 Å². The minimum Gasteiger partial charge on any atom is -0.476 e. The number of halogens is 1. The number of nitrogens with one attached hydrogen (secondary N) is 1. The first kappa shape index (κ1) is 12.1. The van der Waals surface area contributed by atoms with Gasteiger partial charge in [-0.05, 0) is 40.5 Å². The first-order chi connectivity index (χ1) is 8.08. The average molecular weight is 313 g/mol. The Morgan fingerprint density at radius 2 is 2.29 bits per heavy atom. The molecule has 0 saturated carbocycles. The van der Waals surface area contributed by atoms with Crippen LogP contribution in [0.15, 0.2) is 28.2 Å². The monoisotopic (exact) mass is 312 g/mol. The van der Waals surface area contributed by atoms with E-state index in [4.69, 9.17) is 5.11 Å². The number of aryl methyl sites for hydroxylation is 1. The van der Waals surface area contributed by atoms with Gasteiger partial charge in [-0.2, -0.15) is 0 Å².